The van der Waals surface area contributed by atoms with Crippen LogP contribution in [-0.2, 0) is 19.5 Å². The topological polar surface area (TPSA) is 35.6 Å². The van der Waals surface area contributed by atoms with E-state index in [4.69, 9.17) is 0 Å². The summed E-state index contributed by atoms with van der Waals surface area (Å²) in [6.07, 6.45) is 3.36. The first-order valence-electron chi connectivity index (χ1n) is 9.10. The third-order valence-corrected chi connectivity index (χ3v) is 7.19. The molecule has 4 nitrogen and oxygen atoms in total. The first kappa shape index (κ1) is 17.1. The van der Waals surface area contributed by atoms with Crippen molar-refractivity contribution in [2.45, 2.75) is 32.4 Å². The highest BCUT2D eigenvalue weighted by molar-refractivity contribution is 7.10. The van der Waals surface area contributed by atoms with Crippen LogP contribution in [0.25, 0.3) is 0 Å². The van der Waals surface area contributed by atoms with Crippen LogP contribution in [0.15, 0.2) is 29.0 Å². The number of urea groups is 1. The van der Waals surface area contributed by atoms with Gasteiger partial charge in [-0.25, -0.2) is 4.79 Å². The molecule has 134 valence electrons. The Morgan fingerprint density at radius 3 is 2.84 bits per heavy atom. The molecule has 0 radical (unpaired) electrons. The van der Waals surface area contributed by atoms with E-state index >= 15 is 0 Å². The standard InChI is InChI=1S/C19H25N3OS2/c23-19(22-9-5-18-16(13-22)6-11-25-18)20-12-15-3-7-21(8-4-15)14-17-2-1-10-24-17/h1-2,6,10-11,15H,3-5,7-9,12-14H2,(H,20,23). The molecule has 2 amide bonds. The minimum atomic E-state index is 0.109. The van der Waals surface area contributed by atoms with Crippen molar-refractivity contribution in [3.63, 3.8) is 0 Å². The Morgan fingerprint density at radius 1 is 1.16 bits per heavy atom. The van der Waals surface area contributed by atoms with Crippen molar-refractivity contribution in [1.82, 2.24) is 15.1 Å². The fourth-order valence-corrected chi connectivity index (χ4v) is 5.37. The molecule has 1 N–H and O–H groups in total. The average molecular weight is 376 g/mol. The monoisotopic (exact) mass is 375 g/mol. The van der Waals surface area contributed by atoms with Gasteiger partial charge in [0.05, 0.1) is 0 Å². The van der Waals surface area contributed by atoms with E-state index in [9.17, 15) is 4.79 Å². The quantitative estimate of drug-likeness (QED) is 0.882. The third-order valence-electron chi connectivity index (χ3n) is 5.30. The Morgan fingerprint density at radius 2 is 2.04 bits per heavy atom. The maximum Gasteiger partial charge on any atom is 0.317 e. The van der Waals surface area contributed by atoms with Crippen molar-refractivity contribution in [3.05, 3.63) is 44.3 Å². The molecule has 4 rings (SSSR count). The number of nitrogens with zero attached hydrogens (tertiary/aromatic N) is 2. The van der Waals surface area contributed by atoms with Gasteiger partial charge in [0.1, 0.15) is 0 Å². The number of carbonyl (C=O) groups is 1. The zero-order valence-electron chi connectivity index (χ0n) is 14.4. The molecule has 0 saturated carbocycles. The van der Waals surface area contributed by atoms with Gasteiger partial charge >= 0.3 is 6.03 Å². The van der Waals surface area contributed by atoms with E-state index in [2.05, 4.69) is 39.2 Å². The highest BCUT2D eigenvalue weighted by Gasteiger charge is 2.23. The third kappa shape index (κ3) is 4.25. The summed E-state index contributed by atoms with van der Waals surface area (Å²) in [5.74, 6) is 0.616. The summed E-state index contributed by atoms with van der Waals surface area (Å²) in [4.78, 5) is 19.8. The van der Waals surface area contributed by atoms with Gasteiger partial charge in [0.2, 0.25) is 0 Å². The summed E-state index contributed by atoms with van der Waals surface area (Å²) in [6, 6.07) is 6.61. The lowest BCUT2D eigenvalue weighted by atomic mass is 9.97. The second-order valence-electron chi connectivity index (χ2n) is 7.03. The molecular weight excluding hydrogens is 350 g/mol. The summed E-state index contributed by atoms with van der Waals surface area (Å²) in [6.45, 7) is 5.79. The number of thiophene rings is 2. The van der Waals surface area contributed by atoms with Crippen LogP contribution in [0, 0.1) is 5.92 Å². The average Bonchev–Trinajstić information content (AvgIpc) is 3.31. The Hall–Kier alpha value is -1.37. The van der Waals surface area contributed by atoms with E-state index in [1.165, 1.54) is 28.2 Å². The Balaban J connectivity index is 1.19. The molecule has 2 aromatic heterocycles. The first-order valence-corrected chi connectivity index (χ1v) is 10.9. The molecule has 1 saturated heterocycles. The van der Waals surface area contributed by atoms with Gasteiger partial charge in [0, 0.05) is 35.9 Å². The van der Waals surface area contributed by atoms with Crippen molar-refractivity contribution < 1.29 is 4.79 Å². The number of likely N-dealkylation sites (tertiary alicyclic amines) is 1. The molecule has 2 aromatic rings. The van der Waals surface area contributed by atoms with Gasteiger partial charge in [-0.3, -0.25) is 4.90 Å². The second kappa shape index (κ2) is 7.89. The number of carbonyl (C=O) groups excluding carboxylic acids is 1. The molecular formula is C19H25N3OS2. The second-order valence-corrected chi connectivity index (χ2v) is 9.06. The molecule has 2 aliphatic heterocycles. The van der Waals surface area contributed by atoms with Crippen LogP contribution in [0.5, 0.6) is 0 Å². The first-order chi connectivity index (χ1) is 12.3. The predicted molar refractivity (Wildman–Crippen MR) is 104 cm³/mol. The van der Waals surface area contributed by atoms with Crippen LogP contribution in [0.4, 0.5) is 4.79 Å². The van der Waals surface area contributed by atoms with E-state index in [0.29, 0.717) is 5.92 Å². The number of fused-ring (bicyclic) bond motifs is 1. The van der Waals surface area contributed by atoms with Gasteiger partial charge in [-0.1, -0.05) is 6.07 Å². The summed E-state index contributed by atoms with van der Waals surface area (Å²) in [5, 5.41) is 7.46. The maximum absolute atomic E-state index is 12.5. The Bertz CT molecular complexity index is 689. The van der Waals surface area contributed by atoms with E-state index in [1.54, 1.807) is 0 Å². The van der Waals surface area contributed by atoms with Gasteiger partial charge in [-0.15, -0.1) is 22.7 Å². The summed E-state index contributed by atoms with van der Waals surface area (Å²) >= 11 is 3.65. The van der Waals surface area contributed by atoms with Crippen molar-refractivity contribution >= 4 is 28.7 Å². The van der Waals surface area contributed by atoms with E-state index < -0.39 is 0 Å². The van der Waals surface area contributed by atoms with Crippen molar-refractivity contribution in [2.24, 2.45) is 5.92 Å². The smallest absolute Gasteiger partial charge is 0.317 e. The van der Waals surface area contributed by atoms with Crippen LogP contribution in [-0.4, -0.2) is 42.0 Å². The van der Waals surface area contributed by atoms with Crippen LogP contribution in [0.1, 0.15) is 28.2 Å². The molecule has 0 aromatic carbocycles. The number of piperidine rings is 1. The lowest BCUT2D eigenvalue weighted by molar-refractivity contribution is 0.167. The molecule has 2 aliphatic rings. The fraction of sp³-hybridized carbons (Fsp3) is 0.526. The molecule has 0 spiro atoms. The molecule has 1 fully saturated rings. The van der Waals surface area contributed by atoms with Crippen LogP contribution >= 0.6 is 22.7 Å². The molecule has 0 bridgehead atoms. The van der Waals surface area contributed by atoms with E-state index in [0.717, 1.165) is 45.7 Å². The SMILES string of the molecule is O=C(NCC1CCN(Cc2cccs2)CC1)N1CCc2sccc2C1. The van der Waals surface area contributed by atoms with Gasteiger partial charge in [0.25, 0.3) is 0 Å². The summed E-state index contributed by atoms with van der Waals surface area (Å²) in [5.41, 5.74) is 1.33. The number of hydrogen-bond donors (Lipinski definition) is 1. The zero-order valence-corrected chi connectivity index (χ0v) is 16.1. The van der Waals surface area contributed by atoms with E-state index in [-0.39, 0.29) is 6.03 Å². The van der Waals surface area contributed by atoms with Crippen molar-refractivity contribution in [3.8, 4) is 0 Å². The van der Waals surface area contributed by atoms with Crippen LogP contribution < -0.4 is 5.32 Å². The predicted octanol–water partition coefficient (Wildman–Crippen LogP) is 3.79. The number of rotatable bonds is 4. The molecule has 6 heteroatoms. The minimum Gasteiger partial charge on any atom is -0.338 e. The van der Waals surface area contributed by atoms with Gasteiger partial charge in [-0.05, 0) is 66.7 Å². The van der Waals surface area contributed by atoms with Gasteiger partial charge in [-0.2, -0.15) is 0 Å². The molecule has 0 aliphatic carbocycles. The van der Waals surface area contributed by atoms with Crippen LogP contribution in [0.2, 0.25) is 0 Å². The fourth-order valence-electron chi connectivity index (χ4n) is 3.74. The largest absolute Gasteiger partial charge is 0.338 e. The highest BCUT2D eigenvalue weighted by atomic mass is 32.1. The minimum absolute atomic E-state index is 0.109. The maximum atomic E-state index is 12.5. The lowest BCUT2D eigenvalue weighted by Crippen LogP contribution is -2.45. The van der Waals surface area contributed by atoms with Crippen molar-refractivity contribution in [1.29, 1.82) is 0 Å². The van der Waals surface area contributed by atoms with E-state index in [1.807, 2.05) is 27.6 Å². The van der Waals surface area contributed by atoms with Crippen molar-refractivity contribution in [2.75, 3.05) is 26.2 Å². The number of hydrogen-bond acceptors (Lipinski definition) is 4. The molecule has 0 unspecified atom stereocenters. The zero-order chi connectivity index (χ0) is 17.1. The molecule has 0 atom stereocenters. The molecule has 25 heavy (non-hydrogen) atoms. The number of nitrogens with one attached hydrogen (secondary N) is 1. The summed E-state index contributed by atoms with van der Waals surface area (Å²) < 4.78 is 0. The Kier molecular flexibility index (Phi) is 5.39. The lowest BCUT2D eigenvalue weighted by Gasteiger charge is -2.32. The molecule has 4 heterocycles. The van der Waals surface area contributed by atoms with Gasteiger partial charge in [0.15, 0.2) is 0 Å². The Labute approximate surface area is 157 Å². The number of amides is 2. The highest BCUT2D eigenvalue weighted by Crippen LogP contribution is 2.24. The normalized spacial score (nSPS) is 19.0. The van der Waals surface area contributed by atoms with Gasteiger partial charge < -0.3 is 10.2 Å². The summed E-state index contributed by atoms with van der Waals surface area (Å²) in [7, 11) is 0. The van der Waals surface area contributed by atoms with Crippen LogP contribution in [0.3, 0.4) is 0 Å².